The predicted molar refractivity (Wildman–Crippen MR) is 98.4 cm³/mol. The fourth-order valence-electron chi connectivity index (χ4n) is 2.50. The Hall–Kier alpha value is -2.78. The van der Waals surface area contributed by atoms with Crippen LogP contribution in [0.2, 0.25) is 0 Å². The molecule has 2 aromatic carbocycles. The monoisotopic (exact) mass is 392 g/mol. The first kappa shape index (κ1) is 20.5. The molecule has 2 rings (SSSR count). The highest BCUT2D eigenvalue weighted by Gasteiger charge is 2.29. The topological polar surface area (TPSA) is 116 Å². The van der Waals surface area contributed by atoms with Crippen LogP contribution in [0.15, 0.2) is 59.5 Å². The fraction of sp³-hybridized carbons (Fsp3) is 0.278. The number of esters is 1. The van der Waals surface area contributed by atoms with Gasteiger partial charge < -0.3 is 4.74 Å². The molecule has 0 aliphatic heterocycles. The first-order valence-electron chi connectivity index (χ1n) is 8.21. The number of nitro benzene ring substituents is 1. The van der Waals surface area contributed by atoms with Gasteiger partial charge in [0.05, 0.1) is 28.4 Å². The summed E-state index contributed by atoms with van der Waals surface area (Å²) in [6, 6.07) is 12.1. The molecule has 1 N–H and O–H groups in total. The summed E-state index contributed by atoms with van der Waals surface area (Å²) in [4.78, 5) is 22.8. The maximum absolute atomic E-state index is 12.7. The molecule has 0 saturated heterocycles. The van der Waals surface area contributed by atoms with E-state index in [-0.39, 0.29) is 22.6 Å². The lowest BCUT2D eigenvalue weighted by atomic mass is 10.0. The Bertz CT molecular complexity index is 912. The molecule has 2 aromatic rings. The van der Waals surface area contributed by atoms with Crippen molar-refractivity contribution in [1.82, 2.24) is 4.72 Å². The maximum atomic E-state index is 12.7. The van der Waals surface area contributed by atoms with Gasteiger partial charge in [0.1, 0.15) is 0 Å². The van der Waals surface area contributed by atoms with Gasteiger partial charge in [-0.25, -0.2) is 13.1 Å². The summed E-state index contributed by atoms with van der Waals surface area (Å²) in [5.74, 6) is -0.663. The Morgan fingerprint density at radius 1 is 1.11 bits per heavy atom. The van der Waals surface area contributed by atoms with E-state index < -0.39 is 33.1 Å². The van der Waals surface area contributed by atoms with E-state index in [1.165, 1.54) is 30.3 Å². The number of sulfonamides is 1. The molecule has 0 unspecified atom stereocenters. The van der Waals surface area contributed by atoms with Crippen LogP contribution in [-0.2, 0) is 19.6 Å². The molecular weight excluding hydrogens is 372 g/mol. The molecule has 8 nitrogen and oxygen atoms in total. The van der Waals surface area contributed by atoms with Crippen LogP contribution in [0.3, 0.4) is 0 Å². The number of para-hydroxylation sites is 1. The Kier molecular flexibility index (Phi) is 6.65. The third-order valence-electron chi connectivity index (χ3n) is 3.60. The zero-order valence-corrected chi connectivity index (χ0v) is 15.7. The van der Waals surface area contributed by atoms with E-state index in [1.54, 1.807) is 38.1 Å². The van der Waals surface area contributed by atoms with Gasteiger partial charge in [0.2, 0.25) is 10.0 Å². The minimum atomic E-state index is -4.00. The molecule has 0 aromatic heterocycles. The number of benzene rings is 2. The van der Waals surface area contributed by atoms with Crippen molar-refractivity contribution in [3.63, 3.8) is 0 Å². The number of nitro groups is 1. The zero-order valence-electron chi connectivity index (χ0n) is 14.9. The summed E-state index contributed by atoms with van der Waals surface area (Å²) >= 11 is 0. The lowest BCUT2D eigenvalue weighted by Gasteiger charge is -2.19. The predicted octanol–water partition coefficient (Wildman–Crippen LogP) is 2.96. The minimum absolute atomic E-state index is 0.00851. The van der Waals surface area contributed by atoms with E-state index in [0.717, 1.165) is 0 Å². The van der Waals surface area contributed by atoms with Gasteiger partial charge in [-0.15, -0.1) is 0 Å². The van der Waals surface area contributed by atoms with Crippen molar-refractivity contribution in [2.45, 2.75) is 37.3 Å². The fourth-order valence-corrected chi connectivity index (χ4v) is 3.73. The average molecular weight is 392 g/mol. The molecule has 0 amide bonds. The van der Waals surface area contributed by atoms with Gasteiger partial charge in [0, 0.05) is 11.6 Å². The Morgan fingerprint density at radius 3 is 2.30 bits per heavy atom. The van der Waals surface area contributed by atoms with Gasteiger partial charge in [-0.1, -0.05) is 36.4 Å². The SMILES string of the molecule is CC(C)OC(=O)C[C@H](NS(=O)(=O)c1ccccc1)c1ccccc1[N+](=O)[O-]. The number of hydrogen-bond donors (Lipinski definition) is 1. The highest BCUT2D eigenvalue weighted by Crippen LogP contribution is 2.29. The summed E-state index contributed by atoms with van der Waals surface area (Å²) in [7, 11) is -4.00. The minimum Gasteiger partial charge on any atom is -0.463 e. The van der Waals surface area contributed by atoms with E-state index in [2.05, 4.69) is 4.72 Å². The molecule has 0 bridgehead atoms. The Morgan fingerprint density at radius 2 is 1.70 bits per heavy atom. The van der Waals surface area contributed by atoms with Crippen molar-refractivity contribution in [1.29, 1.82) is 0 Å². The molecule has 0 aliphatic rings. The van der Waals surface area contributed by atoms with E-state index in [1.807, 2.05) is 0 Å². The number of nitrogens with zero attached hydrogens (tertiary/aromatic N) is 1. The first-order valence-corrected chi connectivity index (χ1v) is 9.69. The van der Waals surface area contributed by atoms with Crippen LogP contribution < -0.4 is 4.72 Å². The smallest absolute Gasteiger partial charge is 0.308 e. The van der Waals surface area contributed by atoms with Gasteiger partial charge in [-0.3, -0.25) is 14.9 Å². The van der Waals surface area contributed by atoms with E-state index >= 15 is 0 Å². The van der Waals surface area contributed by atoms with Crippen LogP contribution in [0, 0.1) is 10.1 Å². The van der Waals surface area contributed by atoms with Gasteiger partial charge in [-0.2, -0.15) is 0 Å². The van der Waals surface area contributed by atoms with Gasteiger partial charge >= 0.3 is 5.97 Å². The van der Waals surface area contributed by atoms with E-state index in [9.17, 15) is 23.3 Å². The number of hydrogen-bond acceptors (Lipinski definition) is 6. The number of carbonyl (C=O) groups excluding carboxylic acids is 1. The zero-order chi connectivity index (χ0) is 20.0. The van der Waals surface area contributed by atoms with Crippen molar-refractivity contribution < 1.29 is 22.9 Å². The van der Waals surface area contributed by atoms with Crippen LogP contribution in [0.25, 0.3) is 0 Å². The molecular formula is C18H20N2O6S. The lowest BCUT2D eigenvalue weighted by Crippen LogP contribution is -2.31. The highest BCUT2D eigenvalue weighted by molar-refractivity contribution is 7.89. The van der Waals surface area contributed by atoms with Crippen molar-refractivity contribution in [3.05, 3.63) is 70.3 Å². The summed E-state index contributed by atoms with van der Waals surface area (Å²) in [5, 5.41) is 11.3. The lowest BCUT2D eigenvalue weighted by molar-refractivity contribution is -0.385. The molecule has 1 atom stereocenters. The third kappa shape index (κ3) is 5.60. The summed E-state index contributed by atoms with van der Waals surface area (Å²) in [6.07, 6.45) is -0.774. The van der Waals surface area contributed by atoms with Crippen LogP contribution in [0.4, 0.5) is 5.69 Å². The standard InChI is InChI=1S/C18H20N2O6S/c1-13(2)26-18(21)12-16(15-10-6-7-11-17(15)20(22)23)19-27(24,25)14-8-4-3-5-9-14/h3-11,13,16,19H,12H2,1-2H3/t16-/m0/s1. The highest BCUT2D eigenvalue weighted by atomic mass is 32.2. The van der Waals surface area contributed by atoms with Crippen molar-refractivity contribution in [2.75, 3.05) is 0 Å². The van der Waals surface area contributed by atoms with Crippen LogP contribution in [0.1, 0.15) is 31.9 Å². The number of nitrogens with one attached hydrogen (secondary N) is 1. The molecule has 0 spiro atoms. The Labute approximate surface area is 157 Å². The maximum Gasteiger partial charge on any atom is 0.308 e. The number of rotatable bonds is 8. The average Bonchev–Trinajstić information content (AvgIpc) is 2.61. The van der Waals surface area contributed by atoms with Crippen molar-refractivity contribution in [3.8, 4) is 0 Å². The molecule has 0 fully saturated rings. The summed E-state index contributed by atoms with van der Waals surface area (Å²) < 4.78 is 32.8. The first-order chi connectivity index (χ1) is 12.7. The van der Waals surface area contributed by atoms with Crippen molar-refractivity contribution >= 4 is 21.7 Å². The van der Waals surface area contributed by atoms with E-state index in [0.29, 0.717) is 0 Å². The summed E-state index contributed by atoms with van der Waals surface area (Å²) in [6.45, 7) is 3.32. The largest absolute Gasteiger partial charge is 0.463 e. The molecule has 0 radical (unpaired) electrons. The van der Waals surface area contributed by atoms with Gasteiger partial charge in [-0.05, 0) is 26.0 Å². The van der Waals surface area contributed by atoms with Gasteiger partial charge in [0.15, 0.2) is 0 Å². The van der Waals surface area contributed by atoms with Crippen molar-refractivity contribution in [2.24, 2.45) is 0 Å². The molecule has 0 saturated carbocycles. The van der Waals surface area contributed by atoms with E-state index in [4.69, 9.17) is 4.74 Å². The molecule has 9 heteroatoms. The molecule has 144 valence electrons. The van der Waals surface area contributed by atoms with Crippen LogP contribution in [0.5, 0.6) is 0 Å². The molecule has 0 heterocycles. The third-order valence-corrected chi connectivity index (χ3v) is 5.09. The second kappa shape index (κ2) is 8.74. The van der Waals surface area contributed by atoms with Gasteiger partial charge in [0.25, 0.3) is 5.69 Å². The number of carbonyl (C=O) groups is 1. The Balaban J connectivity index is 2.42. The van der Waals surface area contributed by atoms with Crippen LogP contribution in [-0.4, -0.2) is 25.4 Å². The second-order valence-electron chi connectivity index (χ2n) is 6.05. The normalized spacial score (nSPS) is 12.6. The van der Waals surface area contributed by atoms with Crippen LogP contribution >= 0.6 is 0 Å². The number of ether oxygens (including phenoxy) is 1. The molecule has 0 aliphatic carbocycles. The second-order valence-corrected chi connectivity index (χ2v) is 7.76. The molecule has 27 heavy (non-hydrogen) atoms. The quantitative estimate of drug-likeness (QED) is 0.419. The summed E-state index contributed by atoms with van der Waals surface area (Å²) in [5.41, 5.74) is -0.196.